The Morgan fingerprint density at radius 3 is 2.78 bits per heavy atom. The fourth-order valence-corrected chi connectivity index (χ4v) is 5.91. The molecule has 2 atom stereocenters. The molecule has 7 heteroatoms. The minimum atomic E-state index is 0.145. The molecule has 0 aliphatic carbocycles. The summed E-state index contributed by atoms with van der Waals surface area (Å²) < 4.78 is 6.17. The number of piperidine rings is 1. The fourth-order valence-electron chi connectivity index (χ4n) is 5.02. The van der Waals surface area contributed by atoms with Crippen LogP contribution >= 0.6 is 11.3 Å². The predicted octanol–water partition coefficient (Wildman–Crippen LogP) is 2.23. The molecule has 4 heterocycles. The molecule has 27 heavy (non-hydrogen) atoms. The first-order chi connectivity index (χ1) is 13.0. The maximum atomic E-state index is 12.8. The molecule has 1 N–H and O–H groups in total. The molecule has 0 radical (unpaired) electrons. The Kier molecular flexibility index (Phi) is 5.56. The summed E-state index contributed by atoms with van der Waals surface area (Å²) in [6.07, 6.45) is 5.68. The molecule has 1 aromatic heterocycles. The van der Waals surface area contributed by atoms with Gasteiger partial charge in [-0.15, -0.1) is 11.3 Å². The van der Waals surface area contributed by atoms with Gasteiger partial charge in [0.25, 0.3) is 5.91 Å². The standard InChI is InChI=1S/C20H31N3O3S/c1-14-18(27-15(2)21-14)19(25)22-8-5-20(6-9-22)10-17(26-13-20)11-23-7-3-4-16(23)12-24/h16-17,24H,3-13H2,1-2H3/t16-,17-/m0/s1. The van der Waals surface area contributed by atoms with Gasteiger partial charge in [0.15, 0.2) is 0 Å². The number of aromatic nitrogens is 1. The Hall–Kier alpha value is -1.02. The Morgan fingerprint density at radius 2 is 2.11 bits per heavy atom. The number of hydrogen-bond donors (Lipinski definition) is 1. The molecule has 0 unspecified atom stereocenters. The number of nitrogens with zero attached hydrogens (tertiary/aromatic N) is 3. The van der Waals surface area contributed by atoms with Crippen molar-refractivity contribution in [2.45, 2.75) is 58.1 Å². The van der Waals surface area contributed by atoms with E-state index >= 15 is 0 Å². The third-order valence-electron chi connectivity index (χ3n) is 6.64. The summed E-state index contributed by atoms with van der Waals surface area (Å²) in [4.78, 5) is 22.4. The van der Waals surface area contributed by atoms with Crippen LogP contribution in [0.2, 0.25) is 0 Å². The van der Waals surface area contributed by atoms with Gasteiger partial charge in [-0.25, -0.2) is 4.98 Å². The third kappa shape index (κ3) is 3.92. The molecule has 0 aromatic carbocycles. The van der Waals surface area contributed by atoms with Crippen LogP contribution in [0.4, 0.5) is 0 Å². The molecule has 3 saturated heterocycles. The topological polar surface area (TPSA) is 65.9 Å². The number of aliphatic hydroxyl groups is 1. The minimum Gasteiger partial charge on any atom is -0.395 e. The van der Waals surface area contributed by atoms with Crippen LogP contribution in [-0.2, 0) is 4.74 Å². The molecule has 0 bridgehead atoms. The van der Waals surface area contributed by atoms with Crippen LogP contribution in [0.15, 0.2) is 0 Å². The second kappa shape index (κ2) is 7.78. The Labute approximate surface area is 165 Å². The maximum Gasteiger partial charge on any atom is 0.265 e. The summed E-state index contributed by atoms with van der Waals surface area (Å²) in [5, 5.41) is 10.5. The molecule has 3 aliphatic heterocycles. The van der Waals surface area contributed by atoms with Crippen molar-refractivity contribution >= 4 is 17.2 Å². The molecule has 150 valence electrons. The van der Waals surface area contributed by atoms with Crippen LogP contribution < -0.4 is 0 Å². The van der Waals surface area contributed by atoms with Crippen LogP contribution in [0.25, 0.3) is 0 Å². The van der Waals surface area contributed by atoms with Crippen molar-refractivity contribution in [2.24, 2.45) is 5.41 Å². The van der Waals surface area contributed by atoms with Crippen LogP contribution in [0.3, 0.4) is 0 Å². The minimum absolute atomic E-state index is 0.145. The number of amides is 1. The quantitative estimate of drug-likeness (QED) is 0.850. The van der Waals surface area contributed by atoms with E-state index in [0.717, 1.165) is 74.0 Å². The highest BCUT2D eigenvalue weighted by atomic mass is 32.1. The molecule has 0 saturated carbocycles. The van der Waals surface area contributed by atoms with Gasteiger partial charge < -0.3 is 14.7 Å². The summed E-state index contributed by atoms with van der Waals surface area (Å²) in [7, 11) is 0. The molecular weight excluding hydrogens is 362 g/mol. The largest absolute Gasteiger partial charge is 0.395 e. The maximum absolute atomic E-state index is 12.8. The van der Waals surface area contributed by atoms with Gasteiger partial charge in [0.1, 0.15) is 4.88 Å². The molecule has 1 amide bonds. The average Bonchev–Trinajstić information content (AvgIpc) is 3.35. The van der Waals surface area contributed by atoms with Crippen LogP contribution in [0.1, 0.15) is 52.5 Å². The van der Waals surface area contributed by atoms with Gasteiger partial charge in [0.2, 0.25) is 0 Å². The number of thiazole rings is 1. The fraction of sp³-hybridized carbons (Fsp3) is 0.800. The van der Waals surface area contributed by atoms with E-state index in [1.165, 1.54) is 17.8 Å². The highest BCUT2D eigenvalue weighted by Gasteiger charge is 2.44. The molecule has 3 fully saturated rings. The van der Waals surface area contributed by atoms with E-state index in [1.807, 2.05) is 18.7 Å². The second-order valence-electron chi connectivity index (χ2n) is 8.55. The highest BCUT2D eigenvalue weighted by Crippen LogP contribution is 2.42. The summed E-state index contributed by atoms with van der Waals surface area (Å²) >= 11 is 1.51. The zero-order chi connectivity index (χ0) is 19.0. The van der Waals surface area contributed by atoms with Gasteiger partial charge in [-0.2, -0.15) is 0 Å². The molecule has 4 rings (SSSR count). The lowest BCUT2D eigenvalue weighted by molar-refractivity contribution is 0.0402. The number of carbonyl (C=O) groups excluding carboxylic acids is 1. The van der Waals surface area contributed by atoms with Crippen LogP contribution in [0, 0.1) is 19.3 Å². The first-order valence-electron chi connectivity index (χ1n) is 10.2. The number of aliphatic hydroxyl groups excluding tert-OH is 1. The van der Waals surface area contributed by atoms with Crippen LogP contribution in [0.5, 0.6) is 0 Å². The predicted molar refractivity (Wildman–Crippen MR) is 105 cm³/mol. The van der Waals surface area contributed by atoms with Crippen molar-refractivity contribution < 1.29 is 14.6 Å². The van der Waals surface area contributed by atoms with E-state index in [-0.39, 0.29) is 24.0 Å². The lowest BCUT2D eigenvalue weighted by Gasteiger charge is -2.38. The second-order valence-corrected chi connectivity index (χ2v) is 9.75. The Bertz CT molecular complexity index is 684. The molecule has 1 aromatic rings. The summed E-state index contributed by atoms with van der Waals surface area (Å²) in [6, 6.07) is 0.315. The monoisotopic (exact) mass is 393 g/mol. The van der Waals surface area contributed by atoms with Gasteiger partial charge in [-0.1, -0.05) is 0 Å². The lowest BCUT2D eigenvalue weighted by Crippen LogP contribution is -2.44. The van der Waals surface area contributed by atoms with Gasteiger partial charge >= 0.3 is 0 Å². The molecule has 3 aliphatic rings. The Balaban J connectivity index is 1.31. The van der Waals surface area contributed by atoms with E-state index < -0.39 is 0 Å². The van der Waals surface area contributed by atoms with Crippen molar-refractivity contribution in [3.05, 3.63) is 15.6 Å². The molecule has 6 nitrogen and oxygen atoms in total. The lowest BCUT2D eigenvalue weighted by atomic mass is 9.76. The Morgan fingerprint density at radius 1 is 1.33 bits per heavy atom. The van der Waals surface area contributed by atoms with E-state index in [0.29, 0.717) is 6.04 Å². The molecular formula is C20H31N3O3S. The van der Waals surface area contributed by atoms with E-state index in [9.17, 15) is 9.90 Å². The number of hydrogen-bond acceptors (Lipinski definition) is 6. The van der Waals surface area contributed by atoms with Crippen molar-refractivity contribution in [1.29, 1.82) is 0 Å². The number of ether oxygens (including phenoxy) is 1. The van der Waals surface area contributed by atoms with Gasteiger partial charge in [0.05, 0.1) is 30.0 Å². The zero-order valence-electron chi connectivity index (χ0n) is 16.4. The number of aryl methyl sites for hydroxylation is 2. The number of likely N-dealkylation sites (tertiary alicyclic amines) is 2. The van der Waals surface area contributed by atoms with Crippen molar-refractivity contribution in [3.63, 3.8) is 0 Å². The summed E-state index contributed by atoms with van der Waals surface area (Å²) in [5.41, 5.74) is 1.09. The van der Waals surface area contributed by atoms with Gasteiger partial charge in [0, 0.05) is 25.7 Å². The first kappa shape index (κ1) is 19.3. The third-order valence-corrected chi connectivity index (χ3v) is 7.70. The highest BCUT2D eigenvalue weighted by molar-refractivity contribution is 7.13. The van der Waals surface area contributed by atoms with E-state index in [1.54, 1.807) is 0 Å². The molecule has 1 spiro atoms. The normalized spacial score (nSPS) is 28.3. The average molecular weight is 394 g/mol. The zero-order valence-corrected chi connectivity index (χ0v) is 17.3. The number of carbonyl (C=O) groups is 1. The summed E-state index contributed by atoms with van der Waals surface area (Å²) in [5.74, 6) is 0.145. The van der Waals surface area contributed by atoms with E-state index in [2.05, 4.69) is 9.88 Å². The van der Waals surface area contributed by atoms with Crippen LogP contribution in [-0.4, -0.2) is 77.3 Å². The van der Waals surface area contributed by atoms with Crippen molar-refractivity contribution in [2.75, 3.05) is 39.4 Å². The van der Waals surface area contributed by atoms with Gasteiger partial charge in [-0.05, 0) is 57.9 Å². The number of rotatable bonds is 4. The smallest absolute Gasteiger partial charge is 0.265 e. The SMILES string of the molecule is Cc1nc(C)c(C(=O)N2CCC3(CC2)CO[C@H](CN2CCC[C@H]2CO)C3)s1. The first-order valence-corrected chi connectivity index (χ1v) is 11.0. The van der Waals surface area contributed by atoms with Crippen molar-refractivity contribution in [3.8, 4) is 0 Å². The van der Waals surface area contributed by atoms with Gasteiger partial charge in [-0.3, -0.25) is 9.69 Å². The van der Waals surface area contributed by atoms with E-state index in [4.69, 9.17) is 4.74 Å². The summed E-state index contributed by atoms with van der Waals surface area (Å²) in [6.45, 7) is 8.60. The van der Waals surface area contributed by atoms with Crippen molar-refractivity contribution in [1.82, 2.24) is 14.8 Å².